The molecule has 2 aromatic heterocycles. The highest BCUT2D eigenvalue weighted by molar-refractivity contribution is 5.75. The van der Waals surface area contributed by atoms with Crippen molar-refractivity contribution in [3.05, 3.63) is 46.4 Å². The van der Waals surface area contributed by atoms with E-state index in [-0.39, 0.29) is 11.7 Å². The standard InChI is InChI=1S/C13H16N6O/c1-8(14-6-12-15-7-19(2)18-12)9-3-4-10-11(5-9)17-13(20)16-10/h3-5,7-8,14H,6H2,1-2H3,(H2,16,17,20). The van der Waals surface area contributed by atoms with Crippen LogP contribution < -0.4 is 11.0 Å². The number of nitrogens with one attached hydrogen (secondary N) is 3. The second kappa shape index (κ2) is 4.93. The SMILES string of the molecule is CC(NCc1ncn(C)n1)c1ccc2[nH]c(=O)[nH]c2c1. The van der Waals surface area contributed by atoms with Crippen molar-refractivity contribution in [2.75, 3.05) is 0 Å². The molecule has 0 spiro atoms. The van der Waals surface area contributed by atoms with Gasteiger partial charge in [-0.1, -0.05) is 6.07 Å². The van der Waals surface area contributed by atoms with Gasteiger partial charge in [0.05, 0.1) is 17.6 Å². The average Bonchev–Trinajstić information content (AvgIpc) is 2.99. The summed E-state index contributed by atoms with van der Waals surface area (Å²) < 4.78 is 1.68. The Morgan fingerprint density at radius 2 is 2.15 bits per heavy atom. The lowest BCUT2D eigenvalue weighted by Crippen LogP contribution is -2.19. The van der Waals surface area contributed by atoms with Crippen molar-refractivity contribution in [1.29, 1.82) is 0 Å². The fourth-order valence-corrected chi connectivity index (χ4v) is 2.15. The largest absolute Gasteiger partial charge is 0.323 e. The third kappa shape index (κ3) is 2.48. The lowest BCUT2D eigenvalue weighted by molar-refractivity contribution is 0.556. The molecule has 3 N–H and O–H groups in total. The van der Waals surface area contributed by atoms with Crippen LogP contribution in [0.25, 0.3) is 11.0 Å². The van der Waals surface area contributed by atoms with Crippen LogP contribution in [-0.2, 0) is 13.6 Å². The zero-order valence-electron chi connectivity index (χ0n) is 11.3. The van der Waals surface area contributed by atoms with E-state index in [9.17, 15) is 4.79 Å². The molecular weight excluding hydrogens is 256 g/mol. The second-order valence-corrected chi connectivity index (χ2v) is 4.82. The molecule has 0 radical (unpaired) electrons. The summed E-state index contributed by atoms with van der Waals surface area (Å²) >= 11 is 0. The summed E-state index contributed by atoms with van der Waals surface area (Å²) in [4.78, 5) is 20.9. The van der Waals surface area contributed by atoms with Crippen LogP contribution in [-0.4, -0.2) is 24.7 Å². The Morgan fingerprint density at radius 1 is 1.35 bits per heavy atom. The summed E-state index contributed by atoms with van der Waals surface area (Å²) in [5.74, 6) is 0.760. The first kappa shape index (κ1) is 12.6. The second-order valence-electron chi connectivity index (χ2n) is 4.82. The minimum atomic E-state index is -0.185. The first-order valence-corrected chi connectivity index (χ1v) is 6.41. The zero-order valence-corrected chi connectivity index (χ0v) is 11.3. The Kier molecular flexibility index (Phi) is 3.11. The number of imidazole rings is 1. The van der Waals surface area contributed by atoms with Crippen LogP contribution in [0, 0.1) is 0 Å². The molecule has 7 heteroatoms. The molecule has 1 unspecified atom stereocenters. The first-order chi connectivity index (χ1) is 9.61. The number of hydrogen-bond acceptors (Lipinski definition) is 4. The van der Waals surface area contributed by atoms with Gasteiger partial charge in [-0.05, 0) is 24.6 Å². The van der Waals surface area contributed by atoms with E-state index in [2.05, 4.69) is 32.3 Å². The Morgan fingerprint density at radius 3 is 2.90 bits per heavy atom. The Labute approximate surface area is 115 Å². The van der Waals surface area contributed by atoms with Crippen molar-refractivity contribution >= 4 is 11.0 Å². The third-order valence-electron chi connectivity index (χ3n) is 3.25. The Bertz CT molecular complexity index is 783. The molecule has 0 amide bonds. The van der Waals surface area contributed by atoms with Crippen molar-refractivity contribution < 1.29 is 0 Å². The number of fused-ring (bicyclic) bond motifs is 1. The van der Waals surface area contributed by atoms with E-state index in [4.69, 9.17) is 0 Å². The summed E-state index contributed by atoms with van der Waals surface area (Å²) in [5.41, 5.74) is 2.55. The molecule has 3 aromatic rings. The predicted octanol–water partition coefficient (Wildman–Crippen LogP) is 0.835. The average molecular weight is 272 g/mol. The van der Waals surface area contributed by atoms with Gasteiger partial charge in [0.15, 0.2) is 5.82 Å². The molecule has 0 saturated carbocycles. The van der Waals surface area contributed by atoms with Crippen LogP contribution in [0.4, 0.5) is 0 Å². The van der Waals surface area contributed by atoms with Gasteiger partial charge in [-0.3, -0.25) is 4.68 Å². The highest BCUT2D eigenvalue weighted by Gasteiger charge is 2.08. The molecule has 0 aliphatic heterocycles. The number of nitrogens with zero attached hydrogens (tertiary/aromatic N) is 3. The van der Waals surface area contributed by atoms with Gasteiger partial charge in [-0.2, -0.15) is 5.10 Å². The third-order valence-corrected chi connectivity index (χ3v) is 3.25. The van der Waals surface area contributed by atoms with Crippen LogP contribution in [0.1, 0.15) is 24.4 Å². The minimum absolute atomic E-state index is 0.140. The number of H-pyrrole nitrogens is 2. The smallest absolute Gasteiger partial charge is 0.306 e. The minimum Gasteiger partial charge on any atom is -0.306 e. The molecule has 0 fully saturated rings. The molecule has 0 bridgehead atoms. The maximum absolute atomic E-state index is 11.2. The van der Waals surface area contributed by atoms with Crippen molar-refractivity contribution in [2.24, 2.45) is 7.05 Å². The molecule has 7 nitrogen and oxygen atoms in total. The van der Waals surface area contributed by atoms with E-state index in [1.165, 1.54) is 0 Å². The van der Waals surface area contributed by atoms with Crippen molar-refractivity contribution in [2.45, 2.75) is 19.5 Å². The fraction of sp³-hybridized carbons (Fsp3) is 0.308. The van der Waals surface area contributed by atoms with Crippen molar-refractivity contribution in [3.8, 4) is 0 Å². The molecule has 1 atom stereocenters. The van der Waals surface area contributed by atoms with Gasteiger partial charge < -0.3 is 15.3 Å². The summed E-state index contributed by atoms with van der Waals surface area (Å²) in [6.07, 6.45) is 1.68. The molecule has 104 valence electrons. The van der Waals surface area contributed by atoms with E-state index in [1.54, 1.807) is 11.0 Å². The van der Waals surface area contributed by atoms with E-state index in [0.717, 1.165) is 22.4 Å². The van der Waals surface area contributed by atoms with Crippen LogP contribution >= 0.6 is 0 Å². The summed E-state index contributed by atoms with van der Waals surface area (Å²) in [7, 11) is 1.84. The van der Waals surface area contributed by atoms with Crippen molar-refractivity contribution in [3.63, 3.8) is 0 Å². The van der Waals surface area contributed by atoms with Gasteiger partial charge in [0.25, 0.3) is 0 Å². The number of hydrogen-bond donors (Lipinski definition) is 3. The number of rotatable bonds is 4. The number of aromatic amines is 2. The Hall–Kier alpha value is -2.41. The quantitative estimate of drug-likeness (QED) is 0.656. The number of benzene rings is 1. The lowest BCUT2D eigenvalue weighted by atomic mass is 10.1. The summed E-state index contributed by atoms with van der Waals surface area (Å²) in [6, 6.07) is 6.01. The maximum Gasteiger partial charge on any atom is 0.323 e. The highest BCUT2D eigenvalue weighted by atomic mass is 16.1. The number of aryl methyl sites for hydroxylation is 1. The van der Waals surface area contributed by atoms with E-state index in [0.29, 0.717) is 6.54 Å². The molecule has 0 aliphatic carbocycles. The molecular formula is C13H16N6O. The zero-order chi connectivity index (χ0) is 14.1. The van der Waals surface area contributed by atoms with E-state index >= 15 is 0 Å². The normalized spacial score (nSPS) is 12.9. The lowest BCUT2D eigenvalue weighted by Gasteiger charge is -2.12. The van der Waals surface area contributed by atoms with E-state index < -0.39 is 0 Å². The molecule has 2 heterocycles. The predicted molar refractivity (Wildman–Crippen MR) is 75.2 cm³/mol. The van der Waals surface area contributed by atoms with Gasteiger partial charge in [0.1, 0.15) is 6.33 Å². The van der Waals surface area contributed by atoms with Gasteiger partial charge in [-0.25, -0.2) is 9.78 Å². The molecule has 3 rings (SSSR count). The number of aromatic nitrogens is 5. The van der Waals surface area contributed by atoms with Crippen LogP contribution in [0.15, 0.2) is 29.3 Å². The maximum atomic E-state index is 11.2. The van der Waals surface area contributed by atoms with Crippen LogP contribution in [0.2, 0.25) is 0 Å². The van der Waals surface area contributed by atoms with Gasteiger partial charge in [0.2, 0.25) is 0 Å². The summed E-state index contributed by atoms with van der Waals surface area (Å²) in [5, 5.41) is 7.58. The topological polar surface area (TPSA) is 91.4 Å². The molecule has 1 aromatic carbocycles. The van der Waals surface area contributed by atoms with Gasteiger partial charge >= 0.3 is 5.69 Å². The summed E-state index contributed by atoms with van der Waals surface area (Å²) in [6.45, 7) is 2.67. The fourth-order valence-electron chi connectivity index (χ4n) is 2.15. The van der Waals surface area contributed by atoms with E-state index in [1.807, 2.05) is 25.2 Å². The van der Waals surface area contributed by atoms with Crippen molar-refractivity contribution in [1.82, 2.24) is 30.0 Å². The van der Waals surface area contributed by atoms with Gasteiger partial charge in [0, 0.05) is 13.1 Å². The van der Waals surface area contributed by atoms with Crippen LogP contribution in [0.5, 0.6) is 0 Å². The molecule has 20 heavy (non-hydrogen) atoms. The Balaban J connectivity index is 1.74. The first-order valence-electron chi connectivity index (χ1n) is 6.41. The molecule has 0 aliphatic rings. The van der Waals surface area contributed by atoms with Crippen LogP contribution in [0.3, 0.4) is 0 Å². The highest BCUT2D eigenvalue weighted by Crippen LogP contribution is 2.17. The molecule has 0 saturated heterocycles. The van der Waals surface area contributed by atoms with Gasteiger partial charge in [-0.15, -0.1) is 0 Å². The monoisotopic (exact) mass is 272 g/mol.